The Labute approximate surface area is 184 Å². The largest absolute Gasteiger partial charge is 0.493 e. The van der Waals surface area contributed by atoms with Crippen LogP contribution in [0.15, 0.2) is 41.3 Å². The number of sulfonamides is 1. The number of ether oxygens (including phenoxy) is 2. The number of benzene rings is 2. The van der Waals surface area contributed by atoms with Crippen LogP contribution >= 0.6 is 0 Å². The molecule has 1 heterocycles. The van der Waals surface area contributed by atoms with E-state index >= 15 is 0 Å². The van der Waals surface area contributed by atoms with Gasteiger partial charge in [-0.3, -0.25) is 4.79 Å². The van der Waals surface area contributed by atoms with Crippen molar-refractivity contribution in [1.82, 2.24) is 9.62 Å². The number of nitrogens with zero attached hydrogens (tertiary/aromatic N) is 1. The molecule has 0 unspecified atom stereocenters. The van der Waals surface area contributed by atoms with Gasteiger partial charge >= 0.3 is 0 Å². The standard InChI is InChI=1S/C23H30N2O5S/c1-17-7-9-19(16-22(17)31(27,28)25-13-5-4-6-14-25)23(26)24-12-11-18-8-10-20(29-2)21(15-18)30-3/h7-10,15-16H,4-6,11-14H2,1-3H3,(H,24,26). The molecule has 168 valence electrons. The summed E-state index contributed by atoms with van der Waals surface area (Å²) in [6.45, 7) is 3.24. The number of aryl methyl sites for hydroxylation is 1. The normalized spacial score (nSPS) is 14.8. The van der Waals surface area contributed by atoms with Crippen LogP contribution in [0.1, 0.15) is 40.7 Å². The van der Waals surface area contributed by atoms with Gasteiger partial charge < -0.3 is 14.8 Å². The van der Waals surface area contributed by atoms with Crippen molar-refractivity contribution in [3.63, 3.8) is 0 Å². The first-order chi connectivity index (χ1) is 14.9. The van der Waals surface area contributed by atoms with Gasteiger partial charge in [0.15, 0.2) is 11.5 Å². The van der Waals surface area contributed by atoms with Crippen LogP contribution in [0, 0.1) is 6.92 Å². The molecule has 1 N–H and O–H groups in total. The molecule has 1 fully saturated rings. The molecule has 3 rings (SSSR count). The highest BCUT2D eigenvalue weighted by atomic mass is 32.2. The molecule has 0 bridgehead atoms. The van der Waals surface area contributed by atoms with E-state index in [4.69, 9.17) is 9.47 Å². The minimum Gasteiger partial charge on any atom is -0.493 e. The lowest BCUT2D eigenvalue weighted by Crippen LogP contribution is -2.36. The molecule has 31 heavy (non-hydrogen) atoms. The van der Waals surface area contributed by atoms with E-state index in [0.717, 1.165) is 24.8 Å². The predicted molar refractivity (Wildman–Crippen MR) is 119 cm³/mol. The molecule has 0 aromatic heterocycles. The van der Waals surface area contributed by atoms with E-state index < -0.39 is 10.0 Å². The molecule has 8 heteroatoms. The van der Waals surface area contributed by atoms with Crippen LogP contribution in [-0.4, -0.2) is 52.5 Å². The average Bonchev–Trinajstić information content (AvgIpc) is 2.79. The lowest BCUT2D eigenvalue weighted by Gasteiger charge is -2.26. The van der Waals surface area contributed by atoms with Gasteiger partial charge in [0.05, 0.1) is 19.1 Å². The maximum atomic E-state index is 13.1. The Hall–Kier alpha value is -2.58. The summed E-state index contributed by atoms with van der Waals surface area (Å²) in [7, 11) is -0.437. The summed E-state index contributed by atoms with van der Waals surface area (Å²) in [5.41, 5.74) is 1.98. The number of carbonyl (C=O) groups excluding carboxylic acids is 1. The number of carbonyl (C=O) groups is 1. The highest BCUT2D eigenvalue weighted by Crippen LogP contribution is 2.28. The van der Waals surface area contributed by atoms with Gasteiger partial charge in [-0.15, -0.1) is 0 Å². The Kier molecular flexibility index (Phi) is 7.56. The van der Waals surface area contributed by atoms with Crippen molar-refractivity contribution in [1.29, 1.82) is 0 Å². The summed E-state index contributed by atoms with van der Waals surface area (Å²) < 4.78 is 38.2. The van der Waals surface area contributed by atoms with Gasteiger partial charge in [0.2, 0.25) is 10.0 Å². The molecule has 0 atom stereocenters. The summed E-state index contributed by atoms with van der Waals surface area (Å²) in [6, 6.07) is 10.5. The first-order valence-electron chi connectivity index (χ1n) is 10.5. The van der Waals surface area contributed by atoms with Crippen LogP contribution in [0.4, 0.5) is 0 Å². The summed E-state index contributed by atoms with van der Waals surface area (Å²) in [4.78, 5) is 12.9. The van der Waals surface area contributed by atoms with E-state index in [1.54, 1.807) is 33.3 Å². The molecular formula is C23H30N2O5S. The molecule has 1 aliphatic rings. The van der Waals surface area contributed by atoms with Gasteiger partial charge in [-0.2, -0.15) is 4.31 Å². The zero-order valence-corrected chi connectivity index (χ0v) is 19.1. The molecule has 0 saturated carbocycles. The number of methoxy groups -OCH3 is 2. The summed E-state index contributed by atoms with van der Waals surface area (Å²) in [5.74, 6) is 0.991. The van der Waals surface area contributed by atoms with Crippen LogP contribution in [0.25, 0.3) is 0 Å². The van der Waals surface area contributed by atoms with Crippen molar-refractivity contribution in [3.8, 4) is 11.5 Å². The quantitative estimate of drug-likeness (QED) is 0.673. The smallest absolute Gasteiger partial charge is 0.251 e. The Balaban J connectivity index is 1.68. The fourth-order valence-corrected chi connectivity index (χ4v) is 5.49. The summed E-state index contributed by atoms with van der Waals surface area (Å²) in [6.07, 6.45) is 3.40. The number of hydrogen-bond donors (Lipinski definition) is 1. The summed E-state index contributed by atoms with van der Waals surface area (Å²) >= 11 is 0. The highest BCUT2D eigenvalue weighted by molar-refractivity contribution is 7.89. The predicted octanol–water partition coefficient (Wildman–Crippen LogP) is 3.16. The Bertz CT molecular complexity index is 1030. The minimum atomic E-state index is -3.60. The Morgan fingerprint density at radius 3 is 2.39 bits per heavy atom. The van der Waals surface area contributed by atoms with Crippen LogP contribution < -0.4 is 14.8 Å². The van der Waals surface area contributed by atoms with Gasteiger partial charge in [-0.1, -0.05) is 18.6 Å². The fourth-order valence-electron chi connectivity index (χ4n) is 3.72. The zero-order valence-electron chi connectivity index (χ0n) is 18.3. The molecule has 2 aromatic rings. The molecule has 0 radical (unpaired) electrons. The zero-order chi connectivity index (χ0) is 22.4. The summed E-state index contributed by atoms with van der Waals surface area (Å²) in [5, 5.41) is 2.87. The van der Waals surface area contributed by atoms with Crippen LogP contribution in [0.3, 0.4) is 0 Å². The number of hydrogen-bond acceptors (Lipinski definition) is 5. The topological polar surface area (TPSA) is 84.9 Å². The second-order valence-electron chi connectivity index (χ2n) is 7.64. The van der Waals surface area contributed by atoms with E-state index in [1.165, 1.54) is 10.4 Å². The number of nitrogens with one attached hydrogen (secondary N) is 1. The second kappa shape index (κ2) is 10.2. The molecule has 1 saturated heterocycles. The molecule has 0 aliphatic carbocycles. The molecule has 1 aliphatic heterocycles. The van der Waals surface area contributed by atoms with Gasteiger partial charge in [0, 0.05) is 25.2 Å². The molecule has 7 nitrogen and oxygen atoms in total. The van der Waals surface area contributed by atoms with Gasteiger partial charge in [0.1, 0.15) is 0 Å². The number of amides is 1. The maximum Gasteiger partial charge on any atom is 0.251 e. The molecule has 2 aromatic carbocycles. The first-order valence-corrected chi connectivity index (χ1v) is 11.9. The van der Waals surface area contributed by atoms with Crippen molar-refractivity contribution >= 4 is 15.9 Å². The van der Waals surface area contributed by atoms with Crippen molar-refractivity contribution in [2.75, 3.05) is 33.9 Å². The van der Waals surface area contributed by atoms with Gasteiger partial charge in [-0.05, 0) is 61.6 Å². The molecular weight excluding hydrogens is 416 g/mol. The van der Waals surface area contributed by atoms with E-state index in [-0.39, 0.29) is 10.8 Å². The Morgan fingerprint density at radius 1 is 1.00 bits per heavy atom. The van der Waals surface area contributed by atoms with Crippen molar-refractivity contribution < 1.29 is 22.7 Å². The third-order valence-corrected chi connectivity index (χ3v) is 7.57. The van der Waals surface area contributed by atoms with E-state index in [0.29, 0.717) is 48.7 Å². The monoisotopic (exact) mass is 446 g/mol. The second-order valence-corrected chi connectivity index (χ2v) is 9.55. The number of piperidine rings is 1. The van der Waals surface area contributed by atoms with E-state index in [1.807, 2.05) is 18.2 Å². The average molecular weight is 447 g/mol. The lowest BCUT2D eigenvalue weighted by molar-refractivity contribution is 0.0954. The third kappa shape index (κ3) is 5.37. The van der Waals surface area contributed by atoms with Crippen molar-refractivity contribution in [2.24, 2.45) is 0 Å². The van der Waals surface area contributed by atoms with Crippen molar-refractivity contribution in [2.45, 2.75) is 37.5 Å². The van der Waals surface area contributed by atoms with E-state index in [9.17, 15) is 13.2 Å². The minimum absolute atomic E-state index is 0.210. The molecule has 1 amide bonds. The van der Waals surface area contributed by atoms with Crippen LogP contribution in [-0.2, 0) is 16.4 Å². The SMILES string of the molecule is COc1ccc(CCNC(=O)c2ccc(C)c(S(=O)(=O)N3CCCCC3)c2)cc1OC. The number of rotatable bonds is 8. The highest BCUT2D eigenvalue weighted by Gasteiger charge is 2.28. The molecule has 0 spiro atoms. The van der Waals surface area contributed by atoms with Gasteiger partial charge in [0.25, 0.3) is 5.91 Å². The Morgan fingerprint density at radius 2 is 1.71 bits per heavy atom. The maximum absolute atomic E-state index is 13.1. The van der Waals surface area contributed by atoms with Crippen LogP contribution in [0.5, 0.6) is 11.5 Å². The van der Waals surface area contributed by atoms with Crippen LogP contribution in [0.2, 0.25) is 0 Å². The lowest BCUT2D eigenvalue weighted by atomic mass is 10.1. The van der Waals surface area contributed by atoms with Gasteiger partial charge in [-0.25, -0.2) is 8.42 Å². The fraction of sp³-hybridized carbons (Fsp3) is 0.435. The van der Waals surface area contributed by atoms with E-state index in [2.05, 4.69) is 5.32 Å². The third-order valence-electron chi connectivity index (χ3n) is 5.53. The van der Waals surface area contributed by atoms with Crippen molar-refractivity contribution in [3.05, 3.63) is 53.1 Å². The first kappa shape index (κ1) is 23.1.